The molecule has 0 bridgehead atoms. The molecule has 0 fully saturated rings. The minimum atomic E-state index is 0.946. The number of hydrogen-bond acceptors (Lipinski definition) is 0. The van der Waals surface area contributed by atoms with Gasteiger partial charge in [-0.3, -0.25) is 0 Å². The molecular weight excluding hydrogens is 216 g/mol. The molecule has 0 aromatic carbocycles. The van der Waals surface area contributed by atoms with Crippen LogP contribution in [0.15, 0.2) is 12.2 Å². The first kappa shape index (κ1) is 17.3. The highest BCUT2D eigenvalue weighted by Crippen LogP contribution is 2.07. The molecule has 0 aliphatic rings. The first-order valence-corrected chi connectivity index (χ1v) is 8.02. The maximum Gasteiger partial charge on any atom is 0.0269 e. The number of allylic oxidation sites excluding steroid dienone is 2. The van der Waals surface area contributed by atoms with Crippen LogP contribution >= 0.6 is 0 Å². The average Bonchev–Trinajstić information content (AvgIpc) is 2.39. The topological polar surface area (TPSA) is 0 Å². The molecule has 104 valence electrons. The molecule has 0 N–H and O–H groups in total. The summed E-state index contributed by atoms with van der Waals surface area (Å²) in [4.78, 5) is 0. The van der Waals surface area contributed by atoms with E-state index in [4.69, 9.17) is 0 Å². The molecule has 0 aliphatic heterocycles. The summed E-state index contributed by atoms with van der Waals surface area (Å²) in [6, 6.07) is 0. The summed E-state index contributed by atoms with van der Waals surface area (Å²) in [5.74, 6) is 6.47. The Morgan fingerprint density at radius 2 is 1.33 bits per heavy atom. The Balaban J connectivity index is 3.17. The minimum Gasteiger partial charge on any atom is -0.103 e. The molecule has 0 saturated carbocycles. The largest absolute Gasteiger partial charge is 0.103 e. The molecule has 0 heterocycles. The minimum absolute atomic E-state index is 0.946. The van der Waals surface area contributed by atoms with Crippen molar-refractivity contribution in [1.29, 1.82) is 0 Å². The van der Waals surface area contributed by atoms with E-state index >= 15 is 0 Å². The van der Waals surface area contributed by atoms with E-state index in [2.05, 4.69) is 37.8 Å². The molecule has 0 rings (SSSR count). The lowest BCUT2D eigenvalue weighted by Crippen LogP contribution is -1.77. The molecule has 0 amide bonds. The zero-order valence-corrected chi connectivity index (χ0v) is 12.6. The molecule has 0 radical (unpaired) electrons. The lowest BCUT2D eigenvalue weighted by Gasteiger charge is -1.97. The Labute approximate surface area is 115 Å². The molecule has 0 atom stereocenters. The van der Waals surface area contributed by atoms with Crippen LogP contribution in [-0.2, 0) is 0 Å². The molecule has 0 unspecified atom stereocenters. The van der Waals surface area contributed by atoms with Crippen molar-refractivity contribution in [2.75, 3.05) is 0 Å². The van der Waals surface area contributed by atoms with Crippen LogP contribution in [0, 0.1) is 11.8 Å². The van der Waals surface area contributed by atoms with E-state index in [-0.39, 0.29) is 0 Å². The van der Waals surface area contributed by atoms with Gasteiger partial charge in [-0.1, -0.05) is 76.9 Å². The third kappa shape index (κ3) is 15.3. The van der Waals surface area contributed by atoms with Gasteiger partial charge < -0.3 is 0 Å². The second-order valence-electron chi connectivity index (χ2n) is 5.04. The molecular formula is C18H32. The van der Waals surface area contributed by atoms with Crippen molar-refractivity contribution < 1.29 is 0 Å². The van der Waals surface area contributed by atoms with E-state index in [9.17, 15) is 0 Å². The van der Waals surface area contributed by atoms with Crippen LogP contribution in [-0.4, -0.2) is 0 Å². The summed E-state index contributed by atoms with van der Waals surface area (Å²) in [5.41, 5.74) is 0. The number of unbranched alkanes of at least 4 members (excludes halogenated alkanes) is 9. The van der Waals surface area contributed by atoms with Crippen molar-refractivity contribution in [2.45, 2.75) is 90.9 Å². The monoisotopic (exact) mass is 248 g/mol. The van der Waals surface area contributed by atoms with Crippen molar-refractivity contribution in [2.24, 2.45) is 0 Å². The Kier molecular flexibility index (Phi) is 15.7. The predicted octanol–water partition coefficient (Wildman–Crippen LogP) is 6.27. The van der Waals surface area contributed by atoms with Crippen LogP contribution in [0.1, 0.15) is 90.9 Å². The lowest BCUT2D eigenvalue weighted by molar-refractivity contribution is 0.611. The summed E-state index contributed by atoms with van der Waals surface area (Å²) in [7, 11) is 0. The Morgan fingerprint density at radius 3 is 2.11 bits per heavy atom. The van der Waals surface area contributed by atoms with Crippen molar-refractivity contribution in [1.82, 2.24) is 0 Å². The summed E-state index contributed by atoms with van der Waals surface area (Å²) in [6.45, 7) is 4.50. The van der Waals surface area contributed by atoms with Crippen molar-refractivity contribution >= 4 is 0 Å². The van der Waals surface area contributed by atoms with Crippen molar-refractivity contribution in [3.05, 3.63) is 12.2 Å². The third-order valence-corrected chi connectivity index (χ3v) is 3.14. The highest BCUT2D eigenvalue weighted by Gasteiger charge is 1.87. The molecule has 0 spiro atoms. The lowest BCUT2D eigenvalue weighted by atomic mass is 10.1. The fraction of sp³-hybridized carbons (Fsp3) is 0.778. The Morgan fingerprint density at radius 1 is 0.667 bits per heavy atom. The van der Waals surface area contributed by atoms with Crippen molar-refractivity contribution in [3.63, 3.8) is 0 Å². The normalized spacial score (nSPS) is 10.6. The Bertz CT molecular complexity index is 226. The van der Waals surface area contributed by atoms with Crippen LogP contribution in [0.4, 0.5) is 0 Å². The SMILES string of the molecule is CCCCCC#CC/C=C/CCCCCCCC. The van der Waals surface area contributed by atoms with Gasteiger partial charge in [0.2, 0.25) is 0 Å². The highest BCUT2D eigenvalue weighted by atomic mass is 13.9. The first-order valence-electron chi connectivity index (χ1n) is 8.02. The fourth-order valence-electron chi connectivity index (χ4n) is 1.93. The smallest absolute Gasteiger partial charge is 0.0269 e. The summed E-state index contributed by atoms with van der Waals surface area (Å²) < 4.78 is 0. The standard InChI is InChI=1S/C18H32/c1-3-5-7-9-11-13-15-17-18-16-14-12-10-8-6-4-2/h17-18H,3-11,13,15-16H2,1-2H3/b18-17+. The van der Waals surface area contributed by atoms with Crippen LogP contribution < -0.4 is 0 Å². The zero-order chi connectivity index (χ0) is 13.3. The molecule has 0 heteroatoms. The van der Waals surface area contributed by atoms with E-state index in [1.807, 2.05) is 0 Å². The van der Waals surface area contributed by atoms with Gasteiger partial charge >= 0.3 is 0 Å². The quantitative estimate of drug-likeness (QED) is 0.230. The molecule has 0 aliphatic carbocycles. The number of hydrogen-bond donors (Lipinski definition) is 0. The van der Waals surface area contributed by atoms with Crippen LogP contribution in [0.25, 0.3) is 0 Å². The van der Waals surface area contributed by atoms with Gasteiger partial charge in [0.25, 0.3) is 0 Å². The van der Waals surface area contributed by atoms with Gasteiger partial charge in [0.1, 0.15) is 0 Å². The van der Waals surface area contributed by atoms with Gasteiger partial charge in [-0.2, -0.15) is 0 Å². The summed E-state index contributed by atoms with van der Waals surface area (Å²) in [6.07, 6.45) is 20.0. The van der Waals surface area contributed by atoms with Crippen LogP contribution in [0.2, 0.25) is 0 Å². The predicted molar refractivity (Wildman–Crippen MR) is 83.7 cm³/mol. The second kappa shape index (κ2) is 16.3. The van der Waals surface area contributed by atoms with Gasteiger partial charge in [-0.25, -0.2) is 0 Å². The summed E-state index contributed by atoms with van der Waals surface area (Å²) >= 11 is 0. The average molecular weight is 248 g/mol. The third-order valence-electron chi connectivity index (χ3n) is 3.14. The Hall–Kier alpha value is -0.700. The second-order valence-corrected chi connectivity index (χ2v) is 5.04. The zero-order valence-electron chi connectivity index (χ0n) is 12.6. The van der Waals surface area contributed by atoms with Crippen LogP contribution in [0.5, 0.6) is 0 Å². The van der Waals surface area contributed by atoms with Gasteiger partial charge in [0.15, 0.2) is 0 Å². The van der Waals surface area contributed by atoms with Gasteiger partial charge in [-0.15, -0.1) is 5.92 Å². The first-order chi connectivity index (χ1) is 8.91. The van der Waals surface area contributed by atoms with E-state index in [1.54, 1.807) is 0 Å². The van der Waals surface area contributed by atoms with Gasteiger partial charge in [0.05, 0.1) is 0 Å². The van der Waals surface area contributed by atoms with E-state index in [0.717, 1.165) is 12.8 Å². The highest BCUT2D eigenvalue weighted by molar-refractivity contribution is 5.04. The maximum absolute atomic E-state index is 3.24. The van der Waals surface area contributed by atoms with E-state index < -0.39 is 0 Å². The number of rotatable bonds is 11. The maximum atomic E-state index is 3.24. The molecule has 18 heavy (non-hydrogen) atoms. The van der Waals surface area contributed by atoms with Crippen LogP contribution in [0.3, 0.4) is 0 Å². The van der Waals surface area contributed by atoms with E-state index in [1.165, 1.54) is 64.2 Å². The molecule has 0 saturated heterocycles. The van der Waals surface area contributed by atoms with E-state index in [0.29, 0.717) is 0 Å². The molecule has 0 nitrogen and oxygen atoms in total. The summed E-state index contributed by atoms with van der Waals surface area (Å²) in [5, 5.41) is 0. The van der Waals surface area contributed by atoms with Gasteiger partial charge in [-0.05, 0) is 19.3 Å². The molecule has 0 aromatic rings. The van der Waals surface area contributed by atoms with Gasteiger partial charge in [0, 0.05) is 12.8 Å². The van der Waals surface area contributed by atoms with Crippen molar-refractivity contribution in [3.8, 4) is 11.8 Å². The fourth-order valence-corrected chi connectivity index (χ4v) is 1.93. The molecule has 0 aromatic heterocycles.